The molecule has 43 heavy (non-hydrogen) atoms. The normalized spacial score (nSPS) is 12.9. The molecular formula is C31H39Cl2N5O5. The average Bonchev–Trinajstić information content (AvgIpc) is 3.39. The van der Waals surface area contributed by atoms with E-state index < -0.39 is 35.7 Å². The quantitative estimate of drug-likeness (QED) is 0.172. The van der Waals surface area contributed by atoms with Gasteiger partial charge in [0.25, 0.3) is 5.91 Å². The molecule has 12 heteroatoms. The lowest BCUT2D eigenvalue weighted by Crippen LogP contribution is -2.47. The summed E-state index contributed by atoms with van der Waals surface area (Å²) in [7, 11) is 0. The smallest absolute Gasteiger partial charge is 0.408 e. The number of carbonyl (C=O) groups is 3. The van der Waals surface area contributed by atoms with Crippen molar-refractivity contribution in [3.05, 3.63) is 70.1 Å². The van der Waals surface area contributed by atoms with E-state index in [1.54, 1.807) is 77.3 Å². The Kier molecular flexibility index (Phi) is 11.5. The highest BCUT2D eigenvalue weighted by Crippen LogP contribution is 2.30. The first kappa shape index (κ1) is 33.7. The molecule has 0 saturated carbocycles. The van der Waals surface area contributed by atoms with E-state index in [1.807, 2.05) is 19.9 Å². The number of carbonyl (C=O) groups excluding carboxylic acids is 3. The van der Waals surface area contributed by atoms with E-state index >= 15 is 0 Å². The van der Waals surface area contributed by atoms with E-state index in [2.05, 4.69) is 25.9 Å². The van der Waals surface area contributed by atoms with Crippen molar-refractivity contribution >= 4 is 47.0 Å². The molecule has 0 aliphatic carbocycles. The zero-order valence-corrected chi connectivity index (χ0v) is 26.9. The standard InChI is InChI=1S/C31H39Cl2N5O5/c1-17(2)27(38-30(41)43-31(5,6)7)29(40)42-16-25(19-9-8-10-21(32)11-19)37-28(39)24-12-20(14-34-24)22-13-26(36-18(3)4)35-15-23(22)33/h8-15,17-18,25,27,34H,16H2,1-7H3,(H,35,36)(H,37,39)(H,38,41)/t25-,27?/m1/s1. The second kappa shape index (κ2) is 14.6. The van der Waals surface area contributed by atoms with Gasteiger partial charge in [-0.2, -0.15) is 0 Å². The molecule has 0 fully saturated rings. The fraction of sp³-hybridized carbons (Fsp3) is 0.419. The minimum absolute atomic E-state index is 0.176. The van der Waals surface area contributed by atoms with Gasteiger partial charge in [-0.15, -0.1) is 0 Å². The number of esters is 1. The highest BCUT2D eigenvalue weighted by atomic mass is 35.5. The summed E-state index contributed by atoms with van der Waals surface area (Å²) in [4.78, 5) is 46.1. The van der Waals surface area contributed by atoms with Crippen LogP contribution in [0, 0.1) is 5.92 Å². The zero-order valence-electron chi connectivity index (χ0n) is 25.4. The Bertz CT molecular complexity index is 1430. The number of ether oxygens (including phenoxy) is 2. The number of hydrogen-bond acceptors (Lipinski definition) is 7. The third-order valence-electron chi connectivity index (χ3n) is 6.07. The van der Waals surface area contributed by atoms with Crippen LogP contribution in [0.1, 0.15) is 70.6 Å². The Morgan fingerprint density at radius 3 is 2.37 bits per heavy atom. The molecule has 2 heterocycles. The Morgan fingerprint density at radius 2 is 1.74 bits per heavy atom. The van der Waals surface area contributed by atoms with Crippen molar-refractivity contribution in [1.29, 1.82) is 0 Å². The summed E-state index contributed by atoms with van der Waals surface area (Å²) in [5.74, 6) is -0.731. The number of hydrogen-bond donors (Lipinski definition) is 4. The summed E-state index contributed by atoms with van der Waals surface area (Å²) in [6, 6.07) is 8.85. The summed E-state index contributed by atoms with van der Waals surface area (Å²) in [5, 5.41) is 9.62. The maximum Gasteiger partial charge on any atom is 0.408 e. The predicted octanol–water partition coefficient (Wildman–Crippen LogP) is 6.77. The van der Waals surface area contributed by atoms with Crippen LogP contribution in [0.5, 0.6) is 0 Å². The molecule has 3 rings (SSSR count). The van der Waals surface area contributed by atoms with Crippen molar-refractivity contribution in [2.45, 2.75) is 72.2 Å². The minimum atomic E-state index is -0.961. The van der Waals surface area contributed by atoms with Gasteiger partial charge in [-0.05, 0) is 70.4 Å². The van der Waals surface area contributed by atoms with Gasteiger partial charge in [-0.3, -0.25) is 4.79 Å². The van der Waals surface area contributed by atoms with Crippen LogP contribution in [0.2, 0.25) is 10.0 Å². The number of amides is 2. The fourth-order valence-electron chi connectivity index (χ4n) is 4.08. The van der Waals surface area contributed by atoms with Gasteiger partial charge in [0.05, 0.1) is 11.1 Å². The second-order valence-corrected chi connectivity index (χ2v) is 12.6. The van der Waals surface area contributed by atoms with Crippen LogP contribution in [0.4, 0.5) is 10.6 Å². The van der Waals surface area contributed by atoms with Crippen LogP contribution < -0.4 is 16.0 Å². The number of alkyl carbamates (subject to hydrolysis) is 1. The number of pyridine rings is 1. The third kappa shape index (κ3) is 10.2. The van der Waals surface area contributed by atoms with Gasteiger partial charge in [0.2, 0.25) is 0 Å². The summed E-state index contributed by atoms with van der Waals surface area (Å²) >= 11 is 12.6. The molecule has 0 bridgehead atoms. The molecule has 10 nitrogen and oxygen atoms in total. The molecule has 1 unspecified atom stereocenters. The van der Waals surface area contributed by atoms with Crippen LogP contribution in [-0.4, -0.2) is 52.2 Å². The van der Waals surface area contributed by atoms with Crippen LogP contribution in [0.3, 0.4) is 0 Å². The van der Waals surface area contributed by atoms with Gasteiger partial charge in [0, 0.05) is 34.6 Å². The van der Waals surface area contributed by atoms with Gasteiger partial charge in [-0.1, -0.05) is 49.2 Å². The van der Waals surface area contributed by atoms with Crippen LogP contribution in [0.25, 0.3) is 11.1 Å². The zero-order chi connectivity index (χ0) is 31.9. The molecule has 0 spiro atoms. The SMILES string of the molecule is CC(C)Nc1cc(-c2c[nH]c(C(=O)N[C@H](COC(=O)C(NC(=O)OC(C)(C)C)C(C)C)c3cccc(Cl)c3)c2)c(Cl)cn1. The average molecular weight is 633 g/mol. The monoisotopic (exact) mass is 631 g/mol. The van der Waals surface area contributed by atoms with Crippen molar-refractivity contribution in [3.63, 3.8) is 0 Å². The van der Waals surface area contributed by atoms with E-state index in [9.17, 15) is 14.4 Å². The molecule has 0 aliphatic heterocycles. The van der Waals surface area contributed by atoms with E-state index in [0.717, 1.165) is 0 Å². The summed E-state index contributed by atoms with van der Waals surface area (Å²) < 4.78 is 10.9. The molecule has 3 aromatic rings. The first-order chi connectivity index (χ1) is 20.1. The Balaban J connectivity index is 1.78. The second-order valence-electron chi connectivity index (χ2n) is 11.7. The fourth-order valence-corrected chi connectivity index (χ4v) is 4.49. The van der Waals surface area contributed by atoms with E-state index in [0.29, 0.717) is 32.6 Å². The molecule has 1 aromatic carbocycles. The number of rotatable bonds is 11. The molecule has 2 aromatic heterocycles. The first-order valence-electron chi connectivity index (χ1n) is 14.0. The maximum atomic E-state index is 13.4. The highest BCUT2D eigenvalue weighted by molar-refractivity contribution is 6.33. The van der Waals surface area contributed by atoms with Crippen molar-refractivity contribution in [3.8, 4) is 11.1 Å². The number of aromatic amines is 1. The topological polar surface area (TPSA) is 134 Å². The number of halogens is 2. The lowest BCUT2D eigenvalue weighted by molar-refractivity contribution is -0.148. The van der Waals surface area contributed by atoms with E-state index in [4.69, 9.17) is 32.7 Å². The van der Waals surface area contributed by atoms with Crippen molar-refractivity contribution in [2.24, 2.45) is 5.92 Å². The van der Waals surface area contributed by atoms with Crippen molar-refractivity contribution in [2.75, 3.05) is 11.9 Å². The summed E-state index contributed by atoms with van der Waals surface area (Å²) in [6.45, 7) is 12.5. The Morgan fingerprint density at radius 1 is 1.02 bits per heavy atom. The number of nitrogens with one attached hydrogen (secondary N) is 4. The molecule has 2 atom stereocenters. The summed E-state index contributed by atoms with van der Waals surface area (Å²) in [6.07, 6.45) is 2.51. The molecule has 0 aliphatic rings. The molecule has 0 saturated heterocycles. The van der Waals surface area contributed by atoms with E-state index in [1.165, 1.54) is 0 Å². The number of benzene rings is 1. The van der Waals surface area contributed by atoms with Gasteiger partial charge in [0.1, 0.15) is 29.8 Å². The highest BCUT2D eigenvalue weighted by Gasteiger charge is 2.29. The third-order valence-corrected chi connectivity index (χ3v) is 6.61. The van der Waals surface area contributed by atoms with Crippen LogP contribution in [-0.2, 0) is 14.3 Å². The van der Waals surface area contributed by atoms with Gasteiger partial charge in [-0.25, -0.2) is 14.6 Å². The molecule has 0 radical (unpaired) electrons. The molecular weight excluding hydrogens is 593 g/mol. The van der Waals surface area contributed by atoms with Gasteiger partial charge in [0.15, 0.2) is 0 Å². The van der Waals surface area contributed by atoms with Gasteiger partial charge < -0.3 is 30.4 Å². The summed E-state index contributed by atoms with van der Waals surface area (Å²) in [5.41, 5.74) is 1.57. The first-order valence-corrected chi connectivity index (χ1v) is 14.7. The van der Waals surface area contributed by atoms with E-state index in [-0.39, 0.29) is 24.3 Å². The van der Waals surface area contributed by atoms with Crippen LogP contribution in [0.15, 0.2) is 48.8 Å². The number of nitrogens with zero attached hydrogens (tertiary/aromatic N) is 1. The Labute approximate surface area is 262 Å². The molecule has 232 valence electrons. The Hall–Kier alpha value is -3.76. The number of anilines is 1. The lowest BCUT2D eigenvalue weighted by Gasteiger charge is -2.26. The molecule has 4 N–H and O–H groups in total. The van der Waals surface area contributed by atoms with Crippen molar-refractivity contribution in [1.82, 2.24) is 20.6 Å². The molecule has 2 amide bonds. The minimum Gasteiger partial charge on any atom is -0.462 e. The van der Waals surface area contributed by atoms with Gasteiger partial charge >= 0.3 is 12.1 Å². The largest absolute Gasteiger partial charge is 0.462 e. The lowest BCUT2D eigenvalue weighted by atomic mass is 10.0. The van der Waals surface area contributed by atoms with Crippen LogP contribution >= 0.6 is 23.2 Å². The number of aromatic nitrogens is 2. The number of H-pyrrole nitrogens is 1. The van der Waals surface area contributed by atoms with Crippen molar-refractivity contribution < 1.29 is 23.9 Å². The maximum absolute atomic E-state index is 13.4. The predicted molar refractivity (Wildman–Crippen MR) is 168 cm³/mol.